The van der Waals surface area contributed by atoms with Crippen LogP contribution in [0.1, 0.15) is 41.5 Å². The van der Waals surface area contributed by atoms with Gasteiger partial charge in [-0.2, -0.15) is 0 Å². The molecule has 0 aromatic heterocycles. The summed E-state index contributed by atoms with van der Waals surface area (Å²) in [4.78, 5) is 0. The summed E-state index contributed by atoms with van der Waals surface area (Å²) < 4.78 is 0. The van der Waals surface area contributed by atoms with Crippen LogP contribution in [-0.2, 0) is 0 Å². The SMILES string of the molecule is CC(C)(C)C1[B][B]C=CC1C(C)(C)C. The van der Waals surface area contributed by atoms with Gasteiger partial charge in [0.05, 0.1) is 14.3 Å². The molecule has 0 aliphatic carbocycles. The molecule has 14 heavy (non-hydrogen) atoms. The summed E-state index contributed by atoms with van der Waals surface area (Å²) in [5, 5.41) is 0. The Morgan fingerprint density at radius 2 is 1.50 bits per heavy atom. The smallest absolute Gasteiger partial charge is 0.0964 e. The average molecular weight is 188 g/mol. The first-order valence-corrected chi connectivity index (χ1v) is 5.58. The van der Waals surface area contributed by atoms with Crippen LogP contribution < -0.4 is 0 Å². The van der Waals surface area contributed by atoms with Gasteiger partial charge in [0.2, 0.25) is 0 Å². The van der Waals surface area contributed by atoms with Gasteiger partial charge in [-0.15, -0.1) is 5.98 Å². The lowest BCUT2D eigenvalue weighted by Gasteiger charge is -2.44. The van der Waals surface area contributed by atoms with Crippen LogP contribution >= 0.6 is 0 Å². The molecule has 1 rings (SSSR count). The van der Waals surface area contributed by atoms with Crippen LogP contribution in [0.2, 0.25) is 5.82 Å². The van der Waals surface area contributed by atoms with E-state index in [9.17, 15) is 0 Å². The van der Waals surface area contributed by atoms with Gasteiger partial charge in [-0.25, -0.2) is 0 Å². The Hall–Kier alpha value is -0.130. The van der Waals surface area contributed by atoms with Gasteiger partial charge in [-0.3, -0.25) is 0 Å². The molecule has 2 heteroatoms. The standard InChI is InChI=1S/C12H22B2/c1-11(2,3)9-7-8-13-14-10(9)12(4,5)6/h7-10H,1-6H3. The minimum Gasteiger partial charge on any atom is -0.136 e. The maximum absolute atomic E-state index is 2.37. The molecule has 0 fully saturated rings. The van der Waals surface area contributed by atoms with Gasteiger partial charge in [0.25, 0.3) is 0 Å². The van der Waals surface area contributed by atoms with Crippen molar-refractivity contribution in [3.8, 4) is 0 Å². The lowest BCUT2D eigenvalue weighted by Crippen LogP contribution is -2.38. The summed E-state index contributed by atoms with van der Waals surface area (Å²) in [6.45, 7) is 14.0. The zero-order valence-electron chi connectivity index (χ0n) is 10.5. The first-order chi connectivity index (χ1) is 6.23. The molecule has 0 saturated heterocycles. The van der Waals surface area contributed by atoms with Crippen LogP contribution in [0.25, 0.3) is 0 Å². The topological polar surface area (TPSA) is 0 Å². The second kappa shape index (κ2) is 3.79. The van der Waals surface area contributed by atoms with Crippen molar-refractivity contribution in [1.29, 1.82) is 0 Å². The Morgan fingerprint density at radius 1 is 0.929 bits per heavy atom. The first-order valence-electron chi connectivity index (χ1n) is 5.58. The van der Waals surface area contributed by atoms with E-state index in [2.05, 4.69) is 67.9 Å². The van der Waals surface area contributed by atoms with Crippen LogP contribution in [0.15, 0.2) is 12.1 Å². The maximum atomic E-state index is 2.37. The normalized spacial score (nSPS) is 28.1. The molecule has 0 aromatic carbocycles. The van der Waals surface area contributed by atoms with E-state index in [4.69, 9.17) is 0 Å². The Bertz CT molecular complexity index is 217. The largest absolute Gasteiger partial charge is 0.136 e. The van der Waals surface area contributed by atoms with Gasteiger partial charge in [-0.1, -0.05) is 53.4 Å². The van der Waals surface area contributed by atoms with Crippen molar-refractivity contribution in [1.82, 2.24) is 0 Å². The van der Waals surface area contributed by atoms with Gasteiger partial charge in [0.1, 0.15) is 0 Å². The van der Waals surface area contributed by atoms with Crippen molar-refractivity contribution in [3.05, 3.63) is 12.1 Å². The zero-order valence-corrected chi connectivity index (χ0v) is 10.5. The van der Waals surface area contributed by atoms with Crippen LogP contribution in [0.4, 0.5) is 0 Å². The molecule has 76 valence electrons. The molecule has 0 saturated carbocycles. The highest BCUT2D eigenvalue weighted by molar-refractivity contribution is 7.04. The number of hydrogen-bond acceptors (Lipinski definition) is 0. The molecule has 0 aromatic rings. The van der Waals surface area contributed by atoms with Crippen molar-refractivity contribution in [3.63, 3.8) is 0 Å². The quantitative estimate of drug-likeness (QED) is 0.511. The Labute approximate surface area is 91.0 Å². The fourth-order valence-corrected chi connectivity index (χ4v) is 2.26. The molecule has 0 amide bonds. The molecule has 2 radical (unpaired) electrons. The second-order valence-corrected chi connectivity index (χ2v) is 6.55. The minimum absolute atomic E-state index is 0.360. The van der Waals surface area contributed by atoms with E-state index in [1.54, 1.807) is 0 Å². The molecular weight excluding hydrogens is 166 g/mol. The summed E-state index contributed by atoms with van der Waals surface area (Å²) >= 11 is 0. The van der Waals surface area contributed by atoms with Gasteiger partial charge in [0.15, 0.2) is 0 Å². The van der Waals surface area contributed by atoms with Crippen LogP contribution in [-0.4, -0.2) is 14.3 Å². The molecule has 2 unspecified atom stereocenters. The fourth-order valence-electron chi connectivity index (χ4n) is 2.26. The Morgan fingerprint density at radius 3 is 1.86 bits per heavy atom. The molecule has 2 atom stereocenters. The molecule has 0 bridgehead atoms. The monoisotopic (exact) mass is 188 g/mol. The minimum atomic E-state index is 0.360. The van der Waals surface area contributed by atoms with Crippen molar-refractivity contribution < 1.29 is 0 Å². The predicted octanol–water partition coefficient (Wildman–Crippen LogP) is 3.33. The predicted molar refractivity (Wildman–Crippen MR) is 66.8 cm³/mol. The van der Waals surface area contributed by atoms with Gasteiger partial charge < -0.3 is 0 Å². The van der Waals surface area contributed by atoms with E-state index in [0.29, 0.717) is 22.6 Å². The summed E-state index contributed by atoms with van der Waals surface area (Å²) in [7, 11) is 4.56. The van der Waals surface area contributed by atoms with E-state index in [1.807, 2.05) is 0 Å². The molecule has 0 N–H and O–H groups in total. The number of allylic oxidation sites excluding steroid dienone is 1. The van der Waals surface area contributed by atoms with Crippen molar-refractivity contribution >= 4 is 14.3 Å². The van der Waals surface area contributed by atoms with Crippen molar-refractivity contribution in [2.24, 2.45) is 16.7 Å². The Kier molecular flexibility index (Phi) is 3.23. The van der Waals surface area contributed by atoms with Gasteiger partial charge >= 0.3 is 0 Å². The van der Waals surface area contributed by atoms with E-state index in [-0.39, 0.29) is 0 Å². The van der Waals surface area contributed by atoms with Gasteiger partial charge in [0, 0.05) is 0 Å². The molecule has 1 aliphatic heterocycles. The van der Waals surface area contributed by atoms with Crippen molar-refractivity contribution in [2.75, 3.05) is 0 Å². The van der Waals surface area contributed by atoms with E-state index in [0.717, 1.165) is 0 Å². The summed E-state index contributed by atoms with van der Waals surface area (Å²) in [5.41, 5.74) is 0.721. The highest BCUT2D eigenvalue weighted by Crippen LogP contribution is 2.46. The highest BCUT2D eigenvalue weighted by Gasteiger charge is 2.37. The van der Waals surface area contributed by atoms with E-state index < -0.39 is 0 Å². The van der Waals surface area contributed by atoms with Gasteiger partial charge in [-0.05, 0) is 16.7 Å². The third-order valence-electron chi connectivity index (χ3n) is 3.13. The van der Waals surface area contributed by atoms with E-state index >= 15 is 0 Å². The van der Waals surface area contributed by atoms with Crippen LogP contribution in [0, 0.1) is 16.7 Å². The number of rotatable bonds is 0. The average Bonchev–Trinajstić information content (AvgIpc) is 2.01. The number of hydrogen-bond donors (Lipinski definition) is 0. The van der Waals surface area contributed by atoms with E-state index in [1.165, 1.54) is 0 Å². The third-order valence-corrected chi connectivity index (χ3v) is 3.13. The maximum Gasteiger partial charge on any atom is 0.0964 e. The molecule has 0 spiro atoms. The molecule has 0 nitrogen and oxygen atoms in total. The summed E-state index contributed by atoms with van der Waals surface area (Å²) in [5.74, 6) is 3.51. The lowest BCUT2D eigenvalue weighted by molar-refractivity contribution is 0.207. The van der Waals surface area contributed by atoms with Crippen molar-refractivity contribution in [2.45, 2.75) is 47.4 Å². The summed E-state index contributed by atoms with van der Waals surface area (Å²) in [6.07, 6.45) is 2.37. The Balaban J connectivity index is 2.90. The lowest BCUT2D eigenvalue weighted by atomic mass is 9.26. The fraction of sp³-hybridized carbons (Fsp3) is 0.833. The zero-order chi connectivity index (χ0) is 11.0. The third kappa shape index (κ3) is 2.68. The molecule has 1 heterocycles. The second-order valence-electron chi connectivity index (χ2n) is 6.55. The highest BCUT2D eigenvalue weighted by atomic mass is 14.4. The molecule has 1 aliphatic rings. The van der Waals surface area contributed by atoms with Crippen LogP contribution in [0.5, 0.6) is 0 Å². The first kappa shape index (κ1) is 11.9. The molecular formula is C12H22B2. The van der Waals surface area contributed by atoms with Crippen LogP contribution in [0.3, 0.4) is 0 Å². The summed E-state index contributed by atoms with van der Waals surface area (Å²) in [6, 6.07) is 0.